The third kappa shape index (κ3) is 8.56. The predicted molar refractivity (Wildman–Crippen MR) is 77.0 cm³/mol. The zero-order chi connectivity index (χ0) is 15.1. The first-order valence-corrected chi connectivity index (χ1v) is 6.64. The van der Waals surface area contributed by atoms with Gasteiger partial charge in [0.2, 0.25) is 5.91 Å². The zero-order valence-electron chi connectivity index (χ0n) is 13.0. The normalized spacial score (nSPS) is 13.2. The van der Waals surface area contributed by atoms with Crippen molar-refractivity contribution in [2.75, 3.05) is 33.7 Å². The quantitative estimate of drug-likeness (QED) is 0.627. The highest BCUT2D eigenvalue weighted by Gasteiger charge is 2.22. The molecule has 6 heteroatoms. The van der Waals surface area contributed by atoms with Crippen LogP contribution >= 0.6 is 0 Å². The number of nitrogens with one attached hydrogen (secondary N) is 3. The molecule has 0 aliphatic heterocycles. The van der Waals surface area contributed by atoms with Crippen LogP contribution in [0.25, 0.3) is 0 Å². The summed E-state index contributed by atoms with van der Waals surface area (Å²) < 4.78 is 0. The Hall–Kier alpha value is -1.14. The standard InChI is InChI=1S/C13H28N4O2/c1-7-14-12(19)16-11(18)10(2)15-8-13(3,4)9-17(5)6/h10,15H,7-9H2,1-6H3,(H2,14,16,18,19). The fraction of sp³-hybridized carbons (Fsp3) is 0.846. The number of nitrogens with zero attached hydrogens (tertiary/aromatic N) is 1. The summed E-state index contributed by atoms with van der Waals surface area (Å²) in [6.07, 6.45) is 0. The van der Waals surface area contributed by atoms with Crippen molar-refractivity contribution in [1.29, 1.82) is 0 Å². The zero-order valence-corrected chi connectivity index (χ0v) is 13.0. The summed E-state index contributed by atoms with van der Waals surface area (Å²) >= 11 is 0. The number of imide groups is 1. The number of carbonyl (C=O) groups excluding carboxylic acids is 2. The second-order valence-corrected chi connectivity index (χ2v) is 5.85. The number of rotatable bonds is 7. The summed E-state index contributed by atoms with van der Waals surface area (Å²) in [4.78, 5) is 25.1. The van der Waals surface area contributed by atoms with Crippen LogP contribution in [0.3, 0.4) is 0 Å². The Morgan fingerprint density at radius 2 is 1.84 bits per heavy atom. The minimum Gasteiger partial charge on any atom is -0.338 e. The van der Waals surface area contributed by atoms with E-state index in [0.717, 1.165) is 6.54 Å². The molecule has 0 heterocycles. The first-order valence-electron chi connectivity index (χ1n) is 6.64. The molecule has 1 unspecified atom stereocenters. The van der Waals surface area contributed by atoms with Gasteiger partial charge in [-0.25, -0.2) is 4.79 Å². The van der Waals surface area contributed by atoms with Gasteiger partial charge < -0.3 is 15.5 Å². The Morgan fingerprint density at radius 3 is 2.32 bits per heavy atom. The lowest BCUT2D eigenvalue weighted by atomic mass is 9.92. The summed E-state index contributed by atoms with van der Waals surface area (Å²) in [6, 6.07) is -0.849. The van der Waals surface area contributed by atoms with Crippen LogP contribution in [-0.4, -0.2) is 56.6 Å². The summed E-state index contributed by atoms with van der Waals surface area (Å²) in [7, 11) is 4.04. The van der Waals surface area contributed by atoms with Gasteiger partial charge in [-0.3, -0.25) is 10.1 Å². The number of hydrogen-bond donors (Lipinski definition) is 3. The van der Waals surface area contributed by atoms with Crippen molar-refractivity contribution < 1.29 is 9.59 Å². The minimum absolute atomic E-state index is 0.0592. The number of hydrogen-bond acceptors (Lipinski definition) is 4. The van der Waals surface area contributed by atoms with Crippen molar-refractivity contribution in [2.24, 2.45) is 5.41 Å². The van der Waals surface area contributed by atoms with Gasteiger partial charge in [-0.2, -0.15) is 0 Å². The highest BCUT2D eigenvalue weighted by atomic mass is 16.2. The van der Waals surface area contributed by atoms with Gasteiger partial charge in [-0.15, -0.1) is 0 Å². The molecule has 0 fully saturated rings. The average Bonchev–Trinajstić information content (AvgIpc) is 2.24. The Kier molecular flexibility index (Phi) is 7.63. The number of carbonyl (C=O) groups is 2. The van der Waals surface area contributed by atoms with E-state index in [0.29, 0.717) is 13.1 Å². The molecule has 0 spiro atoms. The highest BCUT2D eigenvalue weighted by molar-refractivity contribution is 5.96. The van der Waals surface area contributed by atoms with E-state index in [9.17, 15) is 9.59 Å². The van der Waals surface area contributed by atoms with E-state index in [4.69, 9.17) is 0 Å². The summed E-state index contributed by atoms with van der Waals surface area (Å²) in [5.74, 6) is -0.313. The van der Waals surface area contributed by atoms with Gasteiger partial charge >= 0.3 is 6.03 Å². The maximum atomic E-state index is 11.7. The number of amides is 3. The molecule has 3 N–H and O–H groups in total. The molecule has 0 saturated heterocycles. The van der Waals surface area contributed by atoms with Gasteiger partial charge in [-0.05, 0) is 33.4 Å². The second kappa shape index (κ2) is 8.12. The Morgan fingerprint density at radius 1 is 1.26 bits per heavy atom. The van der Waals surface area contributed by atoms with Crippen molar-refractivity contribution in [1.82, 2.24) is 20.9 Å². The van der Waals surface area contributed by atoms with E-state index >= 15 is 0 Å². The maximum absolute atomic E-state index is 11.7. The lowest BCUT2D eigenvalue weighted by molar-refractivity contribution is -0.121. The van der Waals surface area contributed by atoms with Crippen molar-refractivity contribution >= 4 is 11.9 Å². The fourth-order valence-electron chi connectivity index (χ4n) is 1.86. The Balaban J connectivity index is 4.12. The Bertz CT molecular complexity index is 303. The fourth-order valence-corrected chi connectivity index (χ4v) is 1.86. The van der Waals surface area contributed by atoms with Crippen LogP contribution in [0.15, 0.2) is 0 Å². The van der Waals surface area contributed by atoms with E-state index < -0.39 is 12.1 Å². The molecule has 0 aromatic rings. The molecule has 0 aliphatic rings. The van der Waals surface area contributed by atoms with E-state index in [1.807, 2.05) is 14.1 Å². The smallest absolute Gasteiger partial charge is 0.321 e. The summed E-state index contributed by atoms with van der Waals surface area (Å²) in [5, 5.41) is 7.98. The molecular formula is C13H28N4O2. The van der Waals surface area contributed by atoms with Gasteiger partial charge in [0.05, 0.1) is 6.04 Å². The van der Waals surface area contributed by atoms with Crippen LogP contribution in [-0.2, 0) is 4.79 Å². The van der Waals surface area contributed by atoms with E-state index in [-0.39, 0.29) is 11.3 Å². The first-order chi connectivity index (χ1) is 8.68. The van der Waals surface area contributed by atoms with Crippen LogP contribution in [0.5, 0.6) is 0 Å². The van der Waals surface area contributed by atoms with Gasteiger partial charge in [0.1, 0.15) is 0 Å². The van der Waals surface area contributed by atoms with E-state index in [2.05, 4.69) is 34.7 Å². The third-order valence-electron chi connectivity index (χ3n) is 2.60. The van der Waals surface area contributed by atoms with Gasteiger partial charge in [0, 0.05) is 19.6 Å². The topological polar surface area (TPSA) is 73.5 Å². The largest absolute Gasteiger partial charge is 0.338 e. The molecule has 3 amide bonds. The van der Waals surface area contributed by atoms with Crippen molar-refractivity contribution in [3.8, 4) is 0 Å². The lowest BCUT2D eigenvalue weighted by Gasteiger charge is -2.29. The molecule has 6 nitrogen and oxygen atoms in total. The van der Waals surface area contributed by atoms with Crippen molar-refractivity contribution in [3.63, 3.8) is 0 Å². The van der Waals surface area contributed by atoms with Crippen LogP contribution in [0, 0.1) is 5.41 Å². The van der Waals surface area contributed by atoms with Gasteiger partial charge in [0.15, 0.2) is 0 Å². The third-order valence-corrected chi connectivity index (χ3v) is 2.60. The maximum Gasteiger partial charge on any atom is 0.321 e. The number of urea groups is 1. The van der Waals surface area contributed by atoms with Crippen molar-refractivity contribution in [2.45, 2.75) is 33.7 Å². The molecule has 0 radical (unpaired) electrons. The minimum atomic E-state index is -0.450. The Labute approximate surface area is 116 Å². The van der Waals surface area contributed by atoms with Crippen LogP contribution in [0.1, 0.15) is 27.7 Å². The van der Waals surface area contributed by atoms with Crippen molar-refractivity contribution in [3.05, 3.63) is 0 Å². The van der Waals surface area contributed by atoms with E-state index in [1.54, 1.807) is 13.8 Å². The molecule has 0 bridgehead atoms. The van der Waals surface area contributed by atoms with Gasteiger partial charge in [-0.1, -0.05) is 13.8 Å². The monoisotopic (exact) mass is 272 g/mol. The van der Waals surface area contributed by atoms with Gasteiger partial charge in [0.25, 0.3) is 0 Å². The molecule has 0 rings (SSSR count). The lowest BCUT2D eigenvalue weighted by Crippen LogP contribution is -2.50. The molecule has 0 saturated carbocycles. The van der Waals surface area contributed by atoms with E-state index in [1.165, 1.54) is 0 Å². The summed E-state index contributed by atoms with van der Waals surface area (Å²) in [5.41, 5.74) is 0.0592. The molecule has 112 valence electrons. The van der Waals surface area contributed by atoms with Crippen LogP contribution in [0.2, 0.25) is 0 Å². The first kappa shape index (κ1) is 17.9. The summed E-state index contributed by atoms with van der Waals surface area (Å²) in [6.45, 7) is 9.94. The molecular weight excluding hydrogens is 244 g/mol. The predicted octanol–water partition coefficient (Wildman–Crippen LogP) is 0.398. The molecule has 0 aromatic carbocycles. The highest BCUT2D eigenvalue weighted by Crippen LogP contribution is 2.14. The molecule has 0 aromatic heterocycles. The van der Waals surface area contributed by atoms with Crippen LogP contribution < -0.4 is 16.0 Å². The molecule has 1 atom stereocenters. The second-order valence-electron chi connectivity index (χ2n) is 5.85. The van der Waals surface area contributed by atoms with Crippen LogP contribution in [0.4, 0.5) is 4.79 Å². The average molecular weight is 272 g/mol. The molecule has 19 heavy (non-hydrogen) atoms. The molecule has 0 aliphatic carbocycles. The SMILES string of the molecule is CCNC(=O)NC(=O)C(C)NCC(C)(C)CN(C)C.